The van der Waals surface area contributed by atoms with Gasteiger partial charge in [-0.15, -0.1) is 0 Å². The minimum atomic E-state index is 0.000758. The normalized spacial score (nSPS) is 12.0. The van der Waals surface area contributed by atoms with Gasteiger partial charge in [-0.05, 0) is 34.9 Å². The van der Waals surface area contributed by atoms with E-state index in [4.69, 9.17) is 0 Å². The first-order chi connectivity index (χ1) is 10.7. The Morgan fingerprint density at radius 3 is 2.36 bits per heavy atom. The lowest BCUT2D eigenvalue weighted by atomic mass is 10.0. The quantitative estimate of drug-likeness (QED) is 0.764. The molecule has 0 bridgehead atoms. The molecule has 1 N–H and O–H groups in total. The summed E-state index contributed by atoms with van der Waals surface area (Å²) in [6.45, 7) is 2.02. The van der Waals surface area contributed by atoms with E-state index in [1.807, 2.05) is 49.4 Å². The number of amides is 1. The molecule has 1 atom stereocenters. The maximum Gasteiger partial charge on any atom is 0.224 e. The molecule has 0 aromatic heterocycles. The highest BCUT2D eigenvalue weighted by Crippen LogP contribution is 2.20. The predicted molar refractivity (Wildman–Crippen MR) is 90.7 cm³/mol. The first kappa shape index (κ1) is 14.3. The Morgan fingerprint density at radius 1 is 0.909 bits per heavy atom. The molecule has 0 fully saturated rings. The largest absolute Gasteiger partial charge is 0.349 e. The van der Waals surface area contributed by atoms with Gasteiger partial charge < -0.3 is 5.32 Å². The number of hydrogen-bond acceptors (Lipinski definition) is 1. The van der Waals surface area contributed by atoms with Crippen molar-refractivity contribution in [1.82, 2.24) is 5.32 Å². The number of fused-ring (bicyclic) bond motifs is 1. The number of nitrogens with one attached hydrogen (secondary N) is 1. The number of benzene rings is 3. The van der Waals surface area contributed by atoms with Gasteiger partial charge in [0.05, 0.1) is 12.5 Å². The summed E-state index contributed by atoms with van der Waals surface area (Å²) < 4.78 is 0. The van der Waals surface area contributed by atoms with Crippen molar-refractivity contribution in [3.63, 3.8) is 0 Å². The fraction of sp³-hybridized carbons (Fsp3) is 0.150. The van der Waals surface area contributed by atoms with Crippen molar-refractivity contribution >= 4 is 16.7 Å². The van der Waals surface area contributed by atoms with E-state index in [-0.39, 0.29) is 11.9 Å². The molecule has 22 heavy (non-hydrogen) atoms. The summed E-state index contributed by atoms with van der Waals surface area (Å²) in [5.74, 6) is 0.0480. The van der Waals surface area contributed by atoms with E-state index < -0.39 is 0 Å². The van der Waals surface area contributed by atoms with Crippen molar-refractivity contribution in [3.05, 3.63) is 83.9 Å². The van der Waals surface area contributed by atoms with Gasteiger partial charge in [0.25, 0.3) is 0 Å². The molecule has 0 heterocycles. The minimum Gasteiger partial charge on any atom is -0.349 e. The van der Waals surface area contributed by atoms with Crippen molar-refractivity contribution in [2.24, 2.45) is 0 Å². The van der Waals surface area contributed by atoms with Gasteiger partial charge in [0.1, 0.15) is 0 Å². The van der Waals surface area contributed by atoms with Crippen molar-refractivity contribution in [1.29, 1.82) is 0 Å². The third kappa shape index (κ3) is 3.34. The molecule has 0 aliphatic carbocycles. The molecule has 0 saturated carbocycles. The van der Waals surface area contributed by atoms with Crippen LogP contribution in [-0.2, 0) is 11.2 Å². The average Bonchev–Trinajstić information content (AvgIpc) is 2.55. The number of carbonyl (C=O) groups is 1. The Morgan fingerprint density at radius 2 is 1.59 bits per heavy atom. The van der Waals surface area contributed by atoms with Crippen LogP contribution in [0.5, 0.6) is 0 Å². The lowest BCUT2D eigenvalue weighted by molar-refractivity contribution is -0.121. The van der Waals surface area contributed by atoms with E-state index in [1.165, 1.54) is 10.8 Å². The van der Waals surface area contributed by atoms with Gasteiger partial charge in [-0.3, -0.25) is 4.79 Å². The predicted octanol–water partition coefficient (Wildman–Crippen LogP) is 4.26. The SMILES string of the molecule is C[C@@H](NC(=O)Cc1ccccc1)c1ccc2ccccc2c1. The Kier molecular flexibility index (Phi) is 4.19. The van der Waals surface area contributed by atoms with Gasteiger partial charge in [-0.2, -0.15) is 0 Å². The number of rotatable bonds is 4. The molecule has 0 unspecified atom stereocenters. The molecule has 0 radical (unpaired) electrons. The van der Waals surface area contributed by atoms with Crippen LogP contribution in [0.2, 0.25) is 0 Å². The molecule has 2 heteroatoms. The van der Waals surface area contributed by atoms with Crippen LogP contribution >= 0.6 is 0 Å². The summed E-state index contributed by atoms with van der Waals surface area (Å²) in [7, 11) is 0. The zero-order chi connectivity index (χ0) is 15.4. The second-order valence-electron chi connectivity index (χ2n) is 5.56. The molecular weight excluding hydrogens is 270 g/mol. The number of hydrogen-bond donors (Lipinski definition) is 1. The molecule has 0 aliphatic rings. The Hall–Kier alpha value is -2.61. The van der Waals surface area contributed by atoms with Crippen LogP contribution in [0, 0.1) is 0 Å². The smallest absolute Gasteiger partial charge is 0.224 e. The summed E-state index contributed by atoms with van der Waals surface area (Å²) in [5.41, 5.74) is 2.16. The standard InChI is InChI=1S/C20H19NO/c1-15(21-20(22)13-16-7-3-2-4-8-16)18-12-11-17-9-5-6-10-19(17)14-18/h2-12,14-15H,13H2,1H3,(H,21,22)/t15-/m1/s1. The molecule has 3 rings (SSSR count). The Bertz CT molecular complexity index is 780. The van der Waals surface area contributed by atoms with Crippen LogP contribution in [0.1, 0.15) is 24.1 Å². The zero-order valence-electron chi connectivity index (χ0n) is 12.6. The van der Waals surface area contributed by atoms with Gasteiger partial charge in [0, 0.05) is 0 Å². The molecule has 3 aromatic rings. The van der Waals surface area contributed by atoms with Crippen LogP contribution in [0.25, 0.3) is 10.8 Å². The maximum atomic E-state index is 12.1. The highest BCUT2D eigenvalue weighted by Gasteiger charge is 2.10. The minimum absolute atomic E-state index is 0.000758. The summed E-state index contributed by atoms with van der Waals surface area (Å²) in [4.78, 5) is 12.1. The molecule has 0 saturated heterocycles. The van der Waals surface area contributed by atoms with Crippen LogP contribution in [0.15, 0.2) is 72.8 Å². The molecule has 0 spiro atoms. The molecule has 0 aliphatic heterocycles. The maximum absolute atomic E-state index is 12.1. The van der Waals surface area contributed by atoms with Gasteiger partial charge in [-0.25, -0.2) is 0 Å². The van der Waals surface area contributed by atoms with Crippen LogP contribution in [-0.4, -0.2) is 5.91 Å². The zero-order valence-corrected chi connectivity index (χ0v) is 12.6. The molecule has 3 aromatic carbocycles. The van der Waals surface area contributed by atoms with Crippen LogP contribution in [0.4, 0.5) is 0 Å². The van der Waals surface area contributed by atoms with Crippen LogP contribution in [0.3, 0.4) is 0 Å². The monoisotopic (exact) mass is 289 g/mol. The van der Waals surface area contributed by atoms with Gasteiger partial charge >= 0.3 is 0 Å². The van der Waals surface area contributed by atoms with Crippen molar-refractivity contribution in [2.75, 3.05) is 0 Å². The summed E-state index contributed by atoms with van der Waals surface area (Å²) >= 11 is 0. The van der Waals surface area contributed by atoms with Gasteiger partial charge in [0.2, 0.25) is 5.91 Å². The van der Waals surface area contributed by atoms with Crippen molar-refractivity contribution in [3.8, 4) is 0 Å². The first-order valence-electron chi connectivity index (χ1n) is 7.54. The highest BCUT2D eigenvalue weighted by atomic mass is 16.1. The second kappa shape index (κ2) is 6.44. The lowest BCUT2D eigenvalue weighted by Gasteiger charge is -2.15. The van der Waals surface area contributed by atoms with Crippen LogP contribution < -0.4 is 5.32 Å². The van der Waals surface area contributed by atoms with Gasteiger partial charge in [-0.1, -0.05) is 66.7 Å². The fourth-order valence-corrected chi connectivity index (χ4v) is 2.63. The molecule has 1 amide bonds. The third-order valence-corrected chi connectivity index (χ3v) is 3.86. The number of carbonyl (C=O) groups excluding carboxylic acids is 1. The second-order valence-corrected chi connectivity index (χ2v) is 5.56. The van der Waals surface area contributed by atoms with E-state index in [1.54, 1.807) is 0 Å². The van der Waals surface area contributed by atoms with Crippen molar-refractivity contribution < 1.29 is 4.79 Å². The van der Waals surface area contributed by atoms with E-state index in [0.717, 1.165) is 11.1 Å². The van der Waals surface area contributed by atoms with E-state index >= 15 is 0 Å². The first-order valence-corrected chi connectivity index (χ1v) is 7.54. The summed E-state index contributed by atoms with van der Waals surface area (Å²) in [6, 6.07) is 24.4. The Balaban J connectivity index is 1.70. The van der Waals surface area contributed by atoms with E-state index in [9.17, 15) is 4.79 Å². The molecular formula is C20H19NO. The third-order valence-electron chi connectivity index (χ3n) is 3.86. The van der Waals surface area contributed by atoms with E-state index in [0.29, 0.717) is 6.42 Å². The summed E-state index contributed by atoms with van der Waals surface area (Å²) in [5, 5.41) is 5.49. The van der Waals surface area contributed by atoms with E-state index in [2.05, 4.69) is 35.6 Å². The van der Waals surface area contributed by atoms with Gasteiger partial charge in [0.15, 0.2) is 0 Å². The topological polar surface area (TPSA) is 29.1 Å². The molecule has 110 valence electrons. The molecule has 2 nitrogen and oxygen atoms in total. The highest BCUT2D eigenvalue weighted by molar-refractivity contribution is 5.83. The Labute approximate surface area is 130 Å². The average molecular weight is 289 g/mol. The van der Waals surface area contributed by atoms with Crippen molar-refractivity contribution in [2.45, 2.75) is 19.4 Å². The lowest BCUT2D eigenvalue weighted by Crippen LogP contribution is -2.28. The summed E-state index contributed by atoms with van der Waals surface area (Å²) in [6.07, 6.45) is 0.415. The fourth-order valence-electron chi connectivity index (χ4n) is 2.63.